The van der Waals surface area contributed by atoms with Crippen LogP contribution in [0.5, 0.6) is 0 Å². The highest BCUT2D eigenvalue weighted by atomic mass is 32.2. The van der Waals surface area contributed by atoms with Gasteiger partial charge in [-0.3, -0.25) is 4.90 Å². The minimum Gasteiger partial charge on any atom is -0.379 e. The second kappa shape index (κ2) is 9.80. The Kier molecular flexibility index (Phi) is 7.12. The number of hydrogen-bond acceptors (Lipinski definition) is 6. The Labute approximate surface area is 195 Å². The van der Waals surface area contributed by atoms with Crippen LogP contribution in [-0.4, -0.2) is 33.3 Å². The third-order valence-electron chi connectivity index (χ3n) is 4.90. The molecular formula is C22H25N3OS4. The van der Waals surface area contributed by atoms with Crippen LogP contribution in [0.25, 0.3) is 20.4 Å². The Bertz CT molecular complexity index is 1160. The maximum Gasteiger partial charge on any atom is 0.163 e. The first kappa shape index (κ1) is 21.8. The lowest BCUT2D eigenvalue weighted by Crippen LogP contribution is -2.30. The van der Waals surface area contributed by atoms with Crippen molar-refractivity contribution in [3.8, 4) is 0 Å². The minimum absolute atomic E-state index is 0.252. The molecule has 4 nitrogen and oxygen atoms in total. The van der Waals surface area contributed by atoms with Crippen LogP contribution in [0, 0.1) is 7.91 Å². The van der Waals surface area contributed by atoms with Crippen LogP contribution < -0.4 is 0 Å². The zero-order valence-corrected chi connectivity index (χ0v) is 20.4. The van der Waals surface area contributed by atoms with Gasteiger partial charge in [-0.05, 0) is 69.0 Å². The van der Waals surface area contributed by atoms with Crippen LogP contribution in [0.15, 0.2) is 48.5 Å². The van der Waals surface area contributed by atoms with Gasteiger partial charge in [-0.1, -0.05) is 24.3 Å². The van der Waals surface area contributed by atoms with Crippen molar-refractivity contribution in [2.45, 2.75) is 39.7 Å². The molecule has 0 N–H and O–H groups in total. The van der Waals surface area contributed by atoms with Crippen LogP contribution >= 0.6 is 47.1 Å². The molecule has 8 heteroatoms. The number of thiazole rings is 2. The Morgan fingerprint density at radius 3 is 1.87 bits per heavy atom. The molecular weight excluding hydrogens is 451 g/mol. The third kappa shape index (κ3) is 4.90. The highest BCUT2D eigenvalue weighted by molar-refractivity contribution is 7.74. The fraction of sp³-hybridized carbons (Fsp3) is 0.364. The number of rotatable bonds is 9. The largest absolute Gasteiger partial charge is 0.379 e. The second-order valence-corrected chi connectivity index (χ2v) is 10.8. The van der Waals surface area contributed by atoms with Crippen molar-refractivity contribution in [2.75, 3.05) is 13.2 Å². The van der Waals surface area contributed by atoms with E-state index in [1.54, 1.807) is 22.7 Å². The molecule has 4 aromatic rings. The summed E-state index contributed by atoms with van der Waals surface area (Å²) in [6.45, 7) is 7.27. The molecule has 0 spiro atoms. The van der Waals surface area contributed by atoms with E-state index in [0.29, 0.717) is 0 Å². The van der Waals surface area contributed by atoms with Crippen LogP contribution in [0.2, 0.25) is 0 Å². The van der Waals surface area contributed by atoms with Crippen molar-refractivity contribution < 1.29 is 4.74 Å². The van der Waals surface area contributed by atoms with E-state index in [-0.39, 0.29) is 6.10 Å². The fourth-order valence-electron chi connectivity index (χ4n) is 3.49. The normalized spacial score (nSPS) is 12.0. The van der Waals surface area contributed by atoms with Crippen LogP contribution in [0.1, 0.15) is 20.3 Å². The van der Waals surface area contributed by atoms with Crippen molar-refractivity contribution in [2.24, 2.45) is 0 Å². The van der Waals surface area contributed by atoms with Crippen LogP contribution in [0.4, 0.5) is 0 Å². The smallest absolute Gasteiger partial charge is 0.163 e. The van der Waals surface area contributed by atoms with Crippen molar-refractivity contribution >= 4 is 67.5 Å². The van der Waals surface area contributed by atoms with Gasteiger partial charge >= 0.3 is 0 Å². The molecule has 158 valence electrons. The Morgan fingerprint density at radius 2 is 1.37 bits per heavy atom. The van der Waals surface area contributed by atoms with E-state index in [0.717, 1.165) is 40.8 Å². The Balaban J connectivity index is 1.62. The van der Waals surface area contributed by atoms with Gasteiger partial charge in [0.25, 0.3) is 0 Å². The summed E-state index contributed by atoms with van der Waals surface area (Å²) in [7, 11) is 0. The van der Waals surface area contributed by atoms with E-state index in [9.17, 15) is 0 Å². The Morgan fingerprint density at radius 1 is 0.867 bits per heavy atom. The minimum atomic E-state index is 0.252. The zero-order valence-electron chi connectivity index (χ0n) is 17.1. The molecule has 2 aromatic carbocycles. The van der Waals surface area contributed by atoms with Gasteiger partial charge in [-0.25, -0.2) is 0 Å². The first-order valence-corrected chi connectivity index (χ1v) is 12.5. The average Bonchev–Trinajstić information content (AvgIpc) is 3.21. The lowest BCUT2D eigenvalue weighted by Gasteiger charge is -2.24. The monoisotopic (exact) mass is 475 g/mol. The van der Waals surface area contributed by atoms with E-state index in [2.05, 4.69) is 76.4 Å². The van der Waals surface area contributed by atoms with Gasteiger partial charge in [0.05, 0.1) is 39.9 Å². The Hall–Kier alpha value is -1.42. The standard InChI is InChI=1S/C22H25N3OS4/c1-16(2)26-13-7-12-23(14-24-17-8-3-5-10-19(17)29-21(24)27)15-25-18-9-4-6-11-20(18)30-22(25)28/h3-6,8-11,16H,7,12-15H2,1-2H3. The van der Waals surface area contributed by atoms with Crippen molar-refractivity contribution in [3.63, 3.8) is 0 Å². The number of hydrogen-bond donors (Lipinski definition) is 0. The second-order valence-electron chi connectivity index (χ2n) is 7.48. The van der Waals surface area contributed by atoms with Crippen LogP contribution in [0.3, 0.4) is 0 Å². The van der Waals surface area contributed by atoms with Gasteiger partial charge in [-0.15, -0.1) is 22.7 Å². The van der Waals surface area contributed by atoms with Gasteiger partial charge in [-0.2, -0.15) is 0 Å². The molecule has 0 saturated heterocycles. The van der Waals surface area contributed by atoms with E-state index in [4.69, 9.17) is 29.2 Å². The molecule has 2 heterocycles. The van der Waals surface area contributed by atoms with Crippen molar-refractivity contribution in [1.82, 2.24) is 14.0 Å². The van der Waals surface area contributed by atoms with Gasteiger partial charge in [0.1, 0.15) is 0 Å². The molecule has 0 amide bonds. The first-order chi connectivity index (χ1) is 14.5. The SMILES string of the molecule is CC(C)OCCCN(Cn1c(=S)sc2ccccc21)Cn1c(=S)sc2ccccc21. The molecule has 0 atom stereocenters. The molecule has 0 bridgehead atoms. The van der Waals surface area contributed by atoms with Crippen LogP contribution in [-0.2, 0) is 18.1 Å². The molecule has 4 rings (SSSR count). The predicted molar refractivity (Wildman–Crippen MR) is 134 cm³/mol. The van der Waals surface area contributed by atoms with Crippen molar-refractivity contribution in [3.05, 3.63) is 56.4 Å². The van der Waals surface area contributed by atoms with Gasteiger partial charge in [0, 0.05) is 13.2 Å². The summed E-state index contributed by atoms with van der Waals surface area (Å²) in [4.78, 5) is 2.41. The zero-order chi connectivity index (χ0) is 21.1. The lowest BCUT2D eigenvalue weighted by molar-refractivity contribution is 0.0642. The quantitative estimate of drug-likeness (QED) is 0.194. The molecule has 0 aliphatic carbocycles. The summed E-state index contributed by atoms with van der Waals surface area (Å²) in [6, 6.07) is 16.8. The number of ether oxygens (including phenoxy) is 1. The molecule has 30 heavy (non-hydrogen) atoms. The molecule has 0 saturated carbocycles. The van der Waals surface area contributed by atoms with Gasteiger partial charge in [0.15, 0.2) is 7.91 Å². The first-order valence-electron chi connectivity index (χ1n) is 10.0. The molecule has 0 fully saturated rings. The van der Waals surface area contributed by atoms with Gasteiger partial charge < -0.3 is 13.9 Å². The summed E-state index contributed by atoms with van der Waals surface area (Å²) in [5.41, 5.74) is 2.38. The summed E-state index contributed by atoms with van der Waals surface area (Å²) >= 11 is 14.7. The molecule has 0 aliphatic heterocycles. The topological polar surface area (TPSA) is 22.3 Å². The third-order valence-corrected chi connectivity index (χ3v) is 7.76. The maximum absolute atomic E-state index is 5.77. The van der Waals surface area contributed by atoms with E-state index < -0.39 is 0 Å². The number of fused-ring (bicyclic) bond motifs is 2. The summed E-state index contributed by atoms with van der Waals surface area (Å²) in [5, 5.41) is 0. The maximum atomic E-state index is 5.77. The highest BCUT2D eigenvalue weighted by Gasteiger charge is 2.13. The molecule has 0 radical (unpaired) electrons. The molecule has 2 aromatic heterocycles. The summed E-state index contributed by atoms with van der Waals surface area (Å²) in [5.74, 6) is 0. The summed E-state index contributed by atoms with van der Waals surface area (Å²) < 4.78 is 14.5. The number of nitrogens with zero attached hydrogens (tertiary/aromatic N) is 3. The number of aromatic nitrogens is 2. The average molecular weight is 476 g/mol. The number of benzene rings is 2. The molecule has 0 unspecified atom stereocenters. The summed E-state index contributed by atoms with van der Waals surface area (Å²) in [6.07, 6.45) is 1.21. The number of para-hydroxylation sites is 2. The van der Waals surface area contributed by atoms with E-state index in [1.165, 1.54) is 20.4 Å². The van der Waals surface area contributed by atoms with Gasteiger partial charge in [0.2, 0.25) is 0 Å². The van der Waals surface area contributed by atoms with Crippen molar-refractivity contribution in [1.29, 1.82) is 0 Å². The predicted octanol–water partition coefficient (Wildman–Crippen LogP) is 6.91. The highest BCUT2D eigenvalue weighted by Crippen LogP contribution is 2.25. The molecule has 0 aliphatic rings. The fourth-order valence-corrected chi connectivity index (χ4v) is 6.11. The van der Waals surface area contributed by atoms with E-state index in [1.807, 2.05) is 0 Å². The lowest BCUT2D eigenvalue weighted by atomic mass is 10.3. The van der Waals surface area contributed by atoms with E-state index >= 15 is 0 Å².